The van der Waals surface area contributed by atoms with Crippen LogP contribution in [0, 0.1) is 0 Å². The summed E-state index contributed by atoms with van der Waals surface area (Å²) in [5, 5.41) is 3.86. The summed E-state index contributed by atoms with van der Waals surface area (Å²) in [6.45, 7) is 4.80. The Balaban J connectivity index is 2.56. The van der Waals surface area contributed by atoms with E-state index in [0.29, 0.717) is 18.2 Å². The van der Waals surface area contributed by atoms with Crippen LogP contribution in [0.25, 0.3) is 0 Å². The highest BCUT2D eigenvalue weighted by atomic mass is 35.5. The Morgan fingerprint density at radius 2 is 2.27 bits per heavy atom. The molecule has 0 atom stereocenters. The number of halogens is 1. The van der Waals surface area contributed by atoms with Gasteiger partial charge in [0.15, 0.2) is 0 Å². The molecular weight excluding hydrogens is 212 g/mol. The Morgan fingerprint density at radius 3 is 2.87 bits per heavy atom. The van der Waals surface area contributed by atoms with Crippen LogP contribution < -0.4 is 15.8 Å². The van der Waals surface area contributed by atoms with Gasteiger partial charge in [-0.05, 0) is 24.6 Å². The Hall–Kier alpha value is -0.770. The van der Waals surface area contributed by atoms with Gasteiger partial charge in [0, 0.05) is 19.6 Å². The molecule has 0 heterocycles. The average Bonchev–Trinajstić information content (AvgIpc) is 2.23. The smallest absolute Gasteiger partial charge is 0.137 e. The molecule has 1 aromatic rings. The first kappa shape index (κ1) is 12.3. The third-order valence-corrected chi connectivity index (χ3v) is 2.24. The summed E-state index contributed by atoms with van der Waals surface area (Å²) in [5.41, 5.74) is 6.51. The van der Waals surface area contributed by atoms with E-state index in [4.69, 9.17) is 22.1 Å². The second kappa shape index (κ2) is 6.67. The van der Waals surface area contributed by atoms with Crippen molar-refractivity contribution in [2.24, 2.45) is 5.73 Å². The quantitative estimate of drug-likeness (QED) is 0.730. The van der Waals surface area contributed by atoms with Crippen LogP contribution in [0.3, 0.4) is 0 Å². The highest BCUT2D eigenvalue weighted by molar-refractivity contribution is 6.32. The summed E-state index contributed by atoms with van der Waals surface area (Å²) < 4.78 is 5.34. The van der Waals surface area contributed by atoms with Crippen molar-refractivity contribution in [3.63, 3.8) is 0 Å². The highest BCUT2D eigenvalue weighted by Crippen LogP contribution is 2.25. The van der Waals surface area contributed by atoms with E-state index in [9.17, 15) is 0 Å². The monoisotopic (exact) mass is 228 g/mol. The zero-order chi connectivity index (χ0) is 11.1. The summed E-state index contributed by atoms with van der Waals surface area (Å²) in [5.74, 6) is 0.738. The number of hydrogen-bond donors (Lipinski definition) is 2. The predicted molar refractivity (Wildman–Crippen MR) is 63.4 cm³/mol. The van der Waals surface area contributed by atoms with Crippen molar-refractivity contribution in [1.29, 1.82) is 0 Å². The molecule has 0 unspecified atom stereocenters. The van der Waals surface area contributed by atoms with Gasteiger partial charge in [-0.3, -0.25) is 0 Å². The number of nitrogens with one attached hydrogen (secondary N) is 1. The van der Waals surface area contributed by atoms with E-state index < -0.39 is 0 Å². The van der Waals surface area contributed by atoms with Crippen molar-refractivity contribution in [2.75, 3.05) is 19.7 Å². The Labute approximate surface area is 95.6 Å². The topological polar surface area (TPSA) is 47.3 Å². The molecule has 0 aliphatic carbocycles. The lowest BCUT2D eigenvalue weighted by atomic mass is 10.2. The fourth-order valence-electron chi connectivity index (χ4n) is 1.26. The molecule has 0 aliphatic rings. The fourth-order valence-corrected chi connectivity index (χ4v) is 1.52. The molecular formula is C11H17ClN2O. The second-order valence-corrected chi connectivity index (χ2v) is 3.57. The molecule has 0 aromatic heterocycles. The van der Waals surface area contributed by atoms with Gasteiger partial charge in [0.2, 0.25) is 0 Å². The third-order valence-electron chi connectivity index (χ3n) is 1.95. The maximum atomic E-state index is 6.04. The lowest BCUT2D eigenvalue weighted by Gasteiger charge is -2.08. The lowest BCUT2D eigenvalue weighted by Crippen LogP contribution is -2.21. The molecule has 15 heavy (non-hydrogen) atoms. The van der Waals surface area contributed by atoms with Crippen LogP contribution in [0.4, 0.5) is 0 Å². The number of rotatable bonds is 6. The highest BCUT2D eigenvalue weighted by Gasteiger charge is 2.01. The van der Waals surface area contributed by atoms with Crippen LogP contribution >= 0.6 is 11.6 Å². The summed E-state index contributed by atoms with van der Waals surface area (Å²) in [6.07, 6.45) is 0. The van der Waals surface area contributed by atoms with Crippen molar-refractivity contribution < 1.29 is 4.74 Å². The Morgan fingerprint density at radius 1 is 1.47 bits per heavy atom. The Bertz CT molecular complexity index is 305. The standard InChI is InChI=1S/C11H17ClN2O/c1-2-15-11-4-3-9(7-10(11)12)8-14-6-5-13/h3-4,7,14H,2,5-6,8,13H2,1H3. The van der Waals surface area contributed by atoms with Crippen LogP contribution in [0.5, 0.6) is 5.75 Å². The largest absolute Gasteiger partial charge is 0.492 e. The molecule has 0 saturated heterocycles. The first-order valence-electron chi connectivity index (χ1n) is 5.10. The zero-order valence-electron chi connectivity index (χ0n) is 8.92. The molecule has 0 fully saturated rings. The third kappa shape index (κ3) is 4.08. The van der Waals surface area contributed by atoms with Crippen LogP contribution in [0.2, 0.25) is 5.02 Å². The van der Waals surface area contributed by atoms with E-state index in [0.717, 1.165) is 24.4 Å². The van der Waals surface area contributed by atoms with E-state index in [1.807, 2.05) is 25.1 Å². The Kier molecular flexibility index (Phi) is 5.47. The number of ether oxygens (including phenoxy) is 1. The van der Waals surface area contributed by atoms with Gasteiger partial charge in [0.05, 0.1) is 11.6 Å². The van der Waals surface area contributed by atoms with Crippen molar-refractivity contribution in [2.45, 2.75) is 13.5 Å². The molecule has 4 heteroatoms. The van der Waals surface area contributed by atoms with Crippen molar-refractivity contribution in [3.05, 3.63) is 28.8 Å². The molecule has 0 saturated carbocycles. The van der Waals surface area contributed by atoms with E-state index in [1.54, 1.807) is 0 Å². The minimum Gasteiger partial charge on any atom is -0.492 e. The molecule has 0 radical (unpaired) electrons. The van der Waals surface area contributed by atoms with Crippen LogP contribution in [-0.2, 0) is 6.54 Å². The molecule has 0 aliphatic heterocycles. The zero-order valence-corrected chi connectivity index (χ0v) is 9.68. The summed E-state index contributed by atoms with van der Waals surface area (Å²) >= 11 is 6.04. The van der Waals surface area contributed by atoms with Crippen LogP contribution in [0.1, 0.15) is 12.5 Å². The molecule has 0 bridgehead atoms. The first-order valence-corrected chi connectivity index (χ1v) is 5.47. The second-order valence-electron chi connectivity index (χ2n) is 3.16. The normalized spacial score (nSPS) is 10.3. The van der Waals surface area contributed by atoms with Crippen LogP contribution in [-0.4, -0.2) is 19.7 Å². The average molecular weight is 229 g/mol. The van der Waals surface area contributed by atoms with E-state index in [2.05, 4.69) is 5.32 Å². The van der Waals surface area contributed by atoms with Gasteiger partial charge in [-0.25, -0.2) is 0 Å². The molecule has 3 N–H and O–H groups in total. The SMILES string of the molecule is CCOc1ccc(CNCCN)cc1Cl. The van der Waals surface area contributed by atoms with E-state index in [1.165, 1.54) is 0 Å². The molecule has 1 rings (SSSR count). The van der Waals surface area contributed by atoms with Crippen molar-refractivity contribution in [3.8, 4) is 5.75 Å². The van der Waals surface area contributed by atoms with E-state index >= 15 is 0 Å². The van der Waals surface area contributed by atoms with Gasteiger partial charge in [0.1, 0.15) is 5.75 Å². The lowest BCUT2D eigenvalue weighted by molar-refractivity contribution is 0.340. The summed E-state index contributed by atoms with van der Waals surface area (Å²) in [4.78, 5) is 0. The number of nitrogens with two attached hydrogens (primary N) is 1. The first-order chi connectivity index (χ1) is 7.27. The summed E-state index contributed by atoms with van der Waals surface area (Å²) in [7, 11) is 0. The predicted octanol–water partition coefficient (Wildman–Crippen LogP) is 1.79. The number of benzene rings is 1. The molecule has 84 valence electrons. The maximum Gasteiger partial charge on any atom is 0.137 e. The van der Waals surface area contributed by atoms with Gasteiger partial charge in [0.25, 0.3) is 0 Å². The van der Waals surface area contributed by atoms with Crippen molar-refractivity contribution in [1.82, 2.24) is 5.32 Å². The van der Waals surface area contributed by atoms with E-state index in [-0.39, 0.29) is 0 Å². The van der Waals surface area contributed by atoms with Crippen molar-refractivity contribution >= 4 is 11.6 Å². The minimum atomic E-state index is 0.629. The van der Waals surface area contributed by atoms with Gasteiger partial charge in [-0.1, -0.05) is 17.7 Å². The van der Waals surface area contributed by atoms with Crippen LogP contribution in [0.15, 0.2) is 18.2 Å². The molecule has 0 spiro atoms. The molecule has 3 nitrogen and oxygen atoms in total. The van der Waals surface area contributed by atoms with Gasteiger partial charge < -0.3 is 15.8 Å². The maximum absolute atomic E-state index is 6.04. The fraction of sp³-hybridized carbons (Fsp3) is 0.455. The van der Waals surface area contributed by atoms with Gasteiger partial charge in [-0.15, -0.1) is 0 Å². The van der Waals surface area contributed by atoms with Gasteiger partial charge >= 0.3 is 0 Å². The summed E-state index contributed by atoms with van der Waals surface area (Å²) in [6, 6.07) is 5.81. The molecule has 0 amide bonds. The minimum absolute atomic E-state index is 0.629. The van der Waals surface area contributed by atoms with Gasteiger partial charge in [-0.2, -0.15) is 0 Å². The number of hydrogen-bond acceptors (Lipinski definition) is 3. The molecule has 1 aromatic carbocycles.